The van der Waals surface area contributed by atoms with Crippen molar-refractivity contribution in [3.05, 3.63) is 64.1 Å². The van der Waals surface area contributed by atoms with Crippen molar-refractivity contribution in [1.29, 1.82) is 0 Å². The lowest BCUT2D eigenvalue weighted by atomic mass is 10.2. The molecular formula is C16H13BrF3NOS. The van der Waals surface area contributed by atoms with Crippen LogP contribution >= 0.6 is 27.7 Å². The zero-order valence-electron chi connectivity index (χ0n) is 11.9. The summed E-state index contributed by atoms with van der Waals surface area (Å²) in [6.45, 7) is 0. The molecule has 122 valence electrons. The first-order valence-corrected chi connectivity index (χ1v) is 8.58. The van der Waals surface area contributed by atoms with Crippen LogP contribution in [0.4, 0.5) is 18.9 Å². The van der Waals surface area contributed by atoms with Gasteiger partial charge in [0.05, 0.1) is 11.3 Å². The molecule has 0 aliphatic carbocycles. The second-order valence-corrected chi connectivity index (χ2v) is 6.65. The Morgan fingerprint density at radius 3 is 2.43 bits per heavy atom. The number of thioether (sulfide) groups is 1. The Labute approximate surface area is 144 Å². The number of carbonyl (C=O) groups excluding carboxylic acids is 1. The van der Waals surface area contributed by atoms with Crippen LogP contribution in [0.5, 0.6) is 0 Å². The van der Waals surface area contributed by atoms with Crippen LogP contribution in [0.25, 0.3) is 0 Å². The van der Waals surface area contributed by atoms with Crippen LogP contribution in [0.1, 0.15) is 11.1 Å². The third kappa shape index (κ3) is 5.91. The van der Waals surface area contributed by atoms with Crippen LogP contribution < -0.4 is 5.32 Å². The highest BCUT2D eigenvalue weighted by molar-refractivity contribution is 9.10. The first-order valence-electron chi connectivity index (χ1n) is 6.64. The van der Waals surface area contributed by atoms with Gasteiger partial charge in [-0.05, 0) is 42.0 Å². The fraction of sp³-hybridized carbons (Fsp3) is 0.188. The number of halogens is 4. The molecule has 2 rings (SSSR count). The minimum Gasteiger partial charge on any atom is -0.325 e. The summed E-state index contributed by atoms with van der Waals surface area (Å²) < 4.78 is 38.3. The maximum atomic E-state index is 12.4. The van der Waals surface area contributed by atoms with Crippen LogP contribution in [0.2, 0.25) is 0 Å². The predicted molar refractivity (Wildman–Crippen MR) is 90.4 cm³/mol. The Bertz CT molecular complexity index is 674. The normalized spacial score (nSPS) is 11.3. The van der Waals surface area contributed by atoms with Crippen molar-refractivity contribution >= 4 is 39.3 Å². The second-order valence-electron chi connectivity index (χ2n) is 4.75. The van der Waals surface area contributed by atoms with Gasteiger partial charge in [0.1, 0.15) is 0 Å². The molecule has 2 nitrogen and oxygen atoms in total. The Balaban J connectivity index is 1.80. The lowest BCUT2D eigenvalue weighted by Crippen LogP contribution is -2.14. The van der Waals surface area contributed by atoms with Crippen molar-refractivity contribution in [3.63, 3.8) is 0 Å². The average Bonchev–Trinajstić information content (AvgIpc) is 2.47. The number of amides is 1. The molecule has 0 saturated carbocycles. The quantitative estimate of drug-likeness (QED) is 0.729. The molecule has 0 bridgehead atoms. The summed E-state index contributed by atoms with van der Waals surface area (Å²) in [7, 11) is 0. The first-order chi connectivity index (χ1) is 10.8. The molecule has 0 aliphatic heterocycles. The number of alkyl halides is 3. The van der Waals surface area contributed by atoms with Gasteiger partial charge >= 0.3 is 6.18 Å². The lowest BCUT2D eigenvalue weighted by Gasteiger charge is -2.09. The van der Waals surface area contributed by atoms with Crippen molar-refractivity contribution < 1.29 is 18.0 Å². The van der Waals surface area contributed by atoms with Crippen LogP contribution in [0.15, 0.2) is 53.0 Å². The zero-order chi connectivity index (χ0) is 16.9. The van der Waals surface area contributed by atoms with Gasteiger partial charge in [0.15, 0.2) is 0 Å². The topological polar surface area (TPSA) is 29.1 Å². The van der Waals surface area contributed by atoms with Gasteiger partial charge in [-0.1, -0.05) is 28.1 Å². The molecule has 0 unspecified atom stereocenters. The fourth-order valence-corrected chi connectivity index (χ4v) is 3.05. The van der Waals surface area contributed by atoms with E-state index < -0.39 is 11.7 Å². The molecule has 2 aromatic rings. The third-order valence-electron chi connectivity index (χ3n) is 2.89. The van der Waals surface area contributed by atoms with E-state index in [9.17, 15) is 18.0 Å². The number of anilines is 1. The maximum Gasteiger partial charge on any atom is 0.416 e. The molecule has 1 amide bonds. The fourth-order valence-electron chi connectivity index (χ4n) is 1.83. The van der Waals surface area contributed by atoms with E-state index in [-0.39, 0.29) is 11.7 Å². The van der Waals surface area contributed by atoms with Gasteiger partial charge < -0.3 is 5.32 Å². The lowest BCUT2D eigenvalue weighted by molar-refractivity contribution is -0.137. The van der Waals surface area contributed by atoms with Gasteiger partial charge in [0.2, 0.25) is 5.91 Å². The molecule has 0 heterocycles. The summed E-state index contributed by atoms with van der Waals surface area (Å²) in [6, 6.07) is 12.2. The Morgan fingerprint density at radius 2 is 1.83 bits per heavy atom. The molecule has 0 spiro atoms. The van der Waals surface area contributed by atoms with Gasteiger partial charge in [-0.25, -0.2) is 0 Å². The summed E-state index contributed by atoms with van der Waals surface area (Å²) >= 11 is 4.82. The molecule has 0 aromatic heterocycles. The number of carbonyl (C=O) groups is 1. The van der Waals surface area contributed by atoms with Crippen molar-refractivity contribution in [2.45, 2.75) is 11.9 Å². The summed E-state index contributed by atoms with van der Waals surface area (Å²) in [5, 5.41) is 2.58. The second kappa shape index (κ2) is 7.88. The highest BCUT2D eigenvalue weighted by atomic mass is 79.9. The summed E-state index contributed by atoms with van der Waals surface area (Å²) in [5.74, 6) is 0.665. The highest BCUT2D eigenvalue weighted by Crippen LogP contribution is 2.29. The number of rotatable bonds is 5. The van der Waals surface area contributed by atoms with E-state index in [2.05, 4.69) is 21.2 Å². The molecule has 0 saturated heterocycles. The Morgan fingerprint density at radius 1 is 1.13 bits per heavy atom. The van der Waals surface area contributed by atoms with Gasteiger partial charge in [-0.15, -0.1) is 11.8 Å². The molecule has 23 heavy (non-hydrogen) atoms. The number of hydrogen-bond acceptors (Lipinski definition) is 2. The Kier molecular flexibility index (Phi) is 6.12. The molecule has 0 radical (unpaired) electrons. The summed E-state index contributed by atoms with van der Waals surface area (Å²) in [4.78, 5) is 11.8. The van der Waals surface area contributed by atoms with E-state index in [1.165, 1.54) is 23.9 Å². The Hall–Kier alpha value is -1.47. The largest absolute Gasteiger partial charge is 0.416 e. The van der Waals surface area contributed by atoms with Crippen molar-refractivity contribution in [3.8, 4) is 0 Å². The highest BCUT2D eigenvalue weighted by Gasteiger charge is 2.29. The third-order valence-corrected chi connectivity index (χ3v) is 4.38. The number of hydrogen-bond donors (Lipinski definition) is 1. The van der Waals surface area contributed by atoms with Gasteiger partial charge in [-0.2, -0.15) is 13.2 Å². The summed E-state index contributed by atoms with van der Waals surface area (Å²) in [6.07, 6.45) is -4.37. The molecular weight excluding hydrogens is 391 g/mol. The molecule has 2 aromatic carbocycles. The number of nitrogens with one attached hydrogen (secondary N) is 1. The minimum atomic E-state index is -4.37. The predicted octanol–water partition coefficient (Wildman–Crippen LogP) is 5.34. The molecule has 0 atom stereocenters. The van der Waals surface area contributed by atoms with Crippen molar-refractivity contribution in [2.75, 3.05) is 11.1 Å². The van der Waals surface area contributed by atoms with E-state index in [0.29, 0.717) is 11.4 Å². The minimum absolute atomic E-state index is 0.230. The standard InChI is InChI=1S/C16H13BrF3NOS/c17-13-3-1-2-11(8-13)9-23-10-15(22)21-14-6-4-12(5-7-14)16(18,19)20/h1-8H,9-10H2,(H,21,22). The van der Waals surface area contributed by atoms with E-state index in [1.807, 2.05) is 24.3 Å². The van der Waals surface area contributed by atoms with Gasteiger partial charge in [0.25, 0.3) is 0 Å². The van der Waals surface area contributed by atoms with Crippen molar-refractivity contribution in [1.82, 2.24) is 0 Å². The smallest absolute Gasteiger partial charge is 0.325 e. The molecule has 7 heteroatoms. The van der Waals surface area contributed by atoms with Crippen LogP contribution in [0.3, 0.4) is 0 Å². The van der Waals surface area contributed by atoms with Crippen LogP contribution in [-0.2, 0) is 16.7 Å². The maximum absolute atomic E-state index is 12.4. The summed E-state index contributed by atoms with van der Waals surface area (Å²) in [5.41, 5.74) is 0.706. The van der Waals surface area contributed by atoms with E-state index in [0.717, 1.165) is 22.2 Å². The molecule has 0 fully saturated rings. The average molecular weight is 404 g/mol. The monoisotopic (exact) mass is 403 g/mol. The first kappa shape index (κ1) is 17.9. The van der Waals surface area contributed by atoms with Crippen molar-refractivity contribution in [2.24, 2.45) is 0 Å². The van der Waals surface area contributed by atoms with Crippen LogP contribution in [0, 0.1) is 0 Å². The SMILES string of the molecule is O=C(CSCc1cccc(Br)c1)Nc1ccc(C(F)(F)F)cc1. The van der Waals surface area contributed by atoms with Gasteiger partial charge in [0, 0.05) is 15.9 Å². The van der Waals surface area contributed by atoms with E-state index in [1.54, 1.807) is 0 Å². The van der Waals surface area contributed by atoms with E-state index >= 15 is 0 Å². The zero-order valence-corrected chi connectivity index (χ0v) is 14.3. The van der Waals surface area contributed by atoms with Crippen LogP contribution in [-0.4, -0.2) is 11.7 Å². The molecule has 1 N–H and O–H groups in total. The van der Waals surface area contributed by atoms with Gasteiger partial charge in [-0.3, -0.25) is 4.79 Å². The number of benzene rings is 2. The molecule has 0 aliphatic rings. The van der Waals surface area contributed by atoms with E-state index in [4.69, 9.17) is 0 Å².